The van der Waals surface area contributed by atoms with Crippen molar-refractivity contribution in [1.29, 1.82) is 0 Å². The van der Waals surface area contributed by atoms with Crippen LogP contribution in [0.3, 0.4) is 0 Å². The normalized spacial score (nSPS) is 29.6. The van der Waals surface area contributed by atoms with Gasteiger partial charge in [0.25, 0.3) is 0 Å². The third-order valence-corrected chi connectivity index (χ3v) is 10.7. The summed E-state index contributed by atoms with van der Waals surface area (Å²) in [6.07, 6.45) is 10.7. The number of nitrogens with zero attached hydrogens (tertiary/aromatic N) is 3. The number of benzene rings is 1. The molecule has 4 rings (SSSR count). The van der Waals surface area contributed by atoms with Gasteiger partial charge in [-0.05, 0) is 35.3 Å². The van der Waals surface area contributed by atoms with Crippen LogP contribution in [-0.4, -0.2) is 32.8 Å². The van der Waals surface area contributed by atoms with Gasteiger partial charge >= 0.3 is 35.6 Å². The summed E-state index contributed by atoms with van der Waals surface area (Å²) < 4.78 is 2.60. The van der Waals surface area contributed by atoms with Crippen LogP contribution in [0.2, 0.25) is 18.6 Å². The van der Waals surface area contributed by atoms with Crippen molar-refractivity contribution in [2.75, 3.05) is 20.0 Å². The summed E-state index contributed by atoms with van der Waals surface area (Å²) in [5.74, 6) is 1.96. The van der Waals surface area contributed by atoms with E-state index in [4.69, 9.17) is 18.6 Å². The topological polar surface area (TPSA) is 31.4 Å². The number of halogens is 2. The van der Waals surface area contributed by atoms with Gasteiger partial charge in [0, 0.05) is 0 Å². The minimum absolute atomic E-state index is 0. The number of hydrogen-bond acceptors (Lipinski definition) is 1. The van der Waals surface area contributed by atoms with Crippen LogP contribution in [0.5, 0.6) is 0 Å². The summed E-state index contributed by atoms with van der Waals surface area (Å²) in [6, 6.07) is 11.1. The fraction of sp³-hybridized carbons (Fsp3) is 0.476. The summed E-state index contributed by atoms with van der Waals surface area (Å²) in [5.41, 5.74) is 2.27. The van der Waals surface area contributed by atoms with Crippen molar-refractivity contribution >= 4 is 26.8 Å². The van der Waals surface area contributed by atoms with E-state index in [9.17, 15) is 0 Å². The zero-order valence-electron chi connectivity index (χ0n) is 16.9. The fourth-order valence-corrected chi connectivity index (χ4v) is 8.40. The van der Waals surface area contributed by atoms with Crippen LogP contribution in [-0.2, 0) is 17.0 Å². The van der Waals surface area contributed by atoms with Gasteiger partial charge in [-0.3, -0.25) is 6.67 Å². The van der Waals surface area contributed by atoms with Crippen LogP contribution < -0.4 is 0 Å². The first-order valence-electron chi connectivity index (χ1n) is 9.47. The SMILES string of the molecule is C[Si](C)(C1C[C@H](c2ccccc2)C2C=CC=CC21)N1C[N-]C[N-]C1.[CH3-].[Cl][Ti+4][Cl]. The third kappa shape index (κ3) is 5.41. The molecular weight excluding hydrogens is 441 g/mol. The molecule has 0 amide bonds. The van der Waals surface area contributed by atoms with Gasteiger partial charge in [0.05, 0.1) is 0 Å². The third-order valence-electron chi connectivity index (χ3n) is 6.35. The monoisotopic (exact) mass is 470 g/mol. The molecule has 7 heteroatoms. The molecule has 2 aliphatic carbocycles. The van der Waals surface area contributed by atoms with E-state index in [2.05, 4.69) is 82.9 Å². The molecule has 150 valence electrons. The van der Waals surface area contributed by atoms with Crippen LogP contribution in [0.1, 0.15) is 17.9 Å². The van der Waals surface area contributed by atoms with Crippen molar-refractivity contribution in [3.05, 3.63) is 78.3 Å². The van der Waals surface area contributed by atoms with Crippen LogP contribution in [0.4, 0.5) is 0 Å². The van der Waals surface area contributed by atoms with Crippen molar-refractivity contribution in [2.45, 2.75) is 31.0 Å². The Morgan fingerprint density at radius 1 is 1.00 bits per heavy atom. The first-order valence-corrected chi connectivity index (χ1v) is 16.8. The Kier molecular flexibility index (Phi) is 9.98. The molecule has 0 bridgehead atoms. The Hall–Kier alpha value is 0.0912. The van der Waals surface area contributed by atoms with E-state index in [1.807, 2.05) is 0 Å². The molecule has 2 fully saturated rings. The van der Waals surface area contributed by atoms with Crippen LogP contribution >= 0.6 is 18.6 Å². The maximum absolute atomic E-state index is 4.89. The van der Waals surface area contributed by atoms with Gasteiger partial charge in [-0.25, -0.2) is 0 Å². The van der Waals surface area contributed by atoms with Crippen molar-refractivity contribution in [3.63, 3.8) is 0 Å². The van der Waals surface area contributed by atoms with E-state index in [0.717, 1.165) is 18.9 Å². The summed E-state index contributed by atoms with van der Waals surface area (Å²) in [4.78, 5) is 0. The summed E-state index contributed by atoms with van der Waals surface area (Å²) in [5, 5.41) is 9.08. The van der Waals surface area contributed by atoms with Crippen molar-refractivity contribution in [2.24, 2.45) is 11.8 Å². The molecule has 0 aromatic heterocycles. The molecule has 1 heterocycles. The molecular formula is C21H30Cl2N3SiTi+. The van der Waals surface area contributed by atoms with E-state index >= 15 is 0 Å². The molecule has 1 aromatic rings. The van der Waals surface area contributed by atoms with Gasteiger partial charge < -0.3 is 22.6 Å². The zero-order valence-corrected chi connectivity index (χ0v) is 21.0. The Morgan fingerprint density at radius 3 is 2.18 bits per heavy atom. The molecule has 3 aliphatic rings. The van der Waals surface area contributed by atoms with Gasteiger partial charge in [-0.15, -0.1) is 13.3 Å². The molecule has 0 spiro atoms. The van der Waals surface area contributed by atoms with E-state index in [1.165, 1.54) is 12.0 Å². The number of rotatable bonds is 3. The minimum atomic E-state index is -1.59. The molecule has 1 aliphatic heterocycles. The molecule has 28 heavy (non-hydrogen) atoms. The Labute approximate surface area is 188 Å². The summed E-state index contributed by atoms with van der Waals surface area (Å²) >= 11 is -0.556. The molecule has 1 saturated carbocycles. The van der Waals surface area contributed by atoms with Gasteiger partial charge in [-0.1, -0.05) is 67.7 Å². The number of hydrogen-bond donors (Lipinski definition) is 0. The molecule has 3 nitrogen and oxygen atoms in total. The Bertz CT molecular complexity index is 650. The average Bonchev–Trinajstić information content (AvgIpc) is 3.10. The Morgan fingerprint density at radius 2 is 1.57 bits per heavy atom. The average molecular weight is 471 g/mol. The van der Waals surface area contributed by atoms with E-state index in [0.29, 0.717) is 24.4 Å². The molecule has 0 radical (unpaired) electrons. The zero-order chi connectivity index (χ0) is 19.3. The van der Waals surface area contributed by atoms with E-state index < -0.39 is 25.3 Å². The van der Waals surface area contributed by atoms with Crippen molar-refractivity contribution in [1.82, 2.24) is 4.57 Å². The van der Waals surface area contributed by atoms with Crippen molar-refractivity contribution < 1.29 is 17.0 Å². The predicted octanol–water partition coefficient (Wildman–Crippen LogP) is 6.87. The Balaban J connectivity index is 0.000000660. The maximum atomic E-state index is 4.89. The second-order valence-electron chi connectivity index (χ2n) is 7.92. The first kappa shape index (κ1) is 24.4. The molecule has 3 unspecified atom stereocenters. The molecule has 0 N–H and O–H groups in total. The van der Waals surface area contributed by atoms with Crippen LogP contribution in [0.25, 0.3) is 10.6 Å². The van der Waals surface area contributed by atoms with Gasteiger partial charge in [-0.2, -0.15) is 0 Å². The van der Waals surface area contributed by atoms with E-state index in [1.54, 1.807) is 0 Å². The molecule has 4 atom stereocenters. The van der Waals surface area contributed by atoms with Gasteiger partial charge in [0.15, 0.2) is 0 Å². The van der Waals surface area contributed by atoms with Gasteiger partial charge in [0.2, 0.25) is 0 Å². The van der Waals surface area contributed by atoms with E-state index in [-0.39, 0.29) is 7.43 Å². The fourth-order valence-electron chi connectivity index (χ4n) is 4.90. The summed E-state index contributed by atoms with van der Waals surface area (Å²) in [7, 11) is 8.19. The molecule has 1 aromatic carbocycles. The quantitative estimate of drug-likeness (QED) is 0.350. The second-order valence-corrected chi connectivity index (χ2v) is 15.2. The number of fused-ring (bicyclic) bond motifs is 1. The van der Waals surface area contributed by atoms with Crippen LogP contribution in [0.15, 0.2) is 54.6 Å². The second kappa shape index (κ2) is 11.5. The predicted molar refractivity (Wildman–Crippen MR) is 122 cm³/mol. The van der Waals surface area contributed by atoms with Crippen LogP contribution in [0, 0.1) is 19.3 Å². The van der Waals surface area contributed by atoms with Gasteiger partial charge in [0.1, 0.15) is 8.24 Å². The number of allylic oxidation sites excluding steroid dienone is 4. The standard InChI is InChI=1S/C20H27N3Si.CH3.2ClH.Ti/c1-24(2,23-14-21-13-22-15-23)20-12-19(16-8-4-3-5-9-16)17-10-6-7-11-18(17)20;;;;/h3-11,17-20H,12-15H2,1-2H3;1H3;2*1H;/q-2;-1;;;+6/p-2/t17?,18?,19-,20?;;;;/m1..../s1. The van der Waals surface area contributed by atoms with Crippen molar-refractivity contribution in [3.8, 4) is 0 Å². The molecule has 1 saturated heterocycles. The first-order chi connectivity index (χ1) is 13.1. The summed E-state index contributed by atoms with van der Waals surface area (Å²) in [6.45, 7) is 7.51.